The van der Waals surface area contributed by atoms with E-state index in [1.165, 1.54) is 17.4 Å². The number of nitrogens with one attached hydrogen (secondary N) is 1. The quantitative estimate of drug-likeness (QED) is 0.762. The van der Waals surface area contributed by atoms with Crippen LogP contribution in [0.1, 0.15) is 28.9 Å². The van der Waals surface area contributed by atoms with E-state index in [2.05, 4.69) is 10.3 Å². The second-order valence-electron chi connectivity index (χ2n) is 5.97. The summed E-state index contributed by atoms with van der Waals surface area (Å²) < 4.78 is 38.5. The molecule has 1 aliphatic heterocycles. The van der Waals surface area contributed by atoms with Gasteiger partial charge in [-0.3, -0.25) is 4.79 Å². The zero-order valence-corrected chi connectivity index (χ0v) is 16.9. The lowest BCUT2D eigenvalue weighted by Gasteiger charge is -2.31. The highest BCUT2D eigenvalue weighted by Crippen LogP contribution is 2.33. The van der Waals surface area contributed by atoms with E-state index in [4.69, 9.17) is 0 Å². The molecule has 0 atom stereocenters. The Labute approximate surface area is 172 Å². The van der Waals surface area contributed by atoms with Crippen molar-refractivity contribution >= 4 is 42.1 Å². The van der Waals surface area contributed by atoms with Crippen molar-refractivity contribution in [2.45, 2.75) is 25.1 Å². The number of carbonyl (C=O) groups excluding carboxylic acids is 1. The summed E-state index contributed by atoms with van der Waals surface area (Å²) in [7, 11) is 1.91. The first-order valence-corrected chi connectivity index (χ1v) is 8.86. The molecule has 0 spiro atoms. The van der Waals surface area contributed by atoms with Gasteiger partial charge in [0, 0.05) is 30.1 Å². The normalized spacial score (nSPS) is 15.0. The number of benzene rings is 1. The van der Waals surface area contributed by atoms with Crippen molar-refractivity contribution in [3.8, 4) is 10.6 Å². The molecule has 1 amide bonds. The highest BCUT2D eigenvalue weighted by atomic mass is 35.5. The van der Waals surface area contributed by atoms with Gasteiger partial charge in [0.05, 0.1) is 5.56 Å². The van der Waals surface area contributed by atoms with Gasteiger partial charge < -0.3 is 10.2 Å². The van der Waals surface area contributed by atoms with Crippen molar-refractivity contribution < 1.29 is 18.0 Å². The number of rotatable bonds is 3. The number of hydrogen-bond donors (Lipinski definition) is 1. The van der Waals surface area contributed by atoms with Crippen LogP contribution in [0.2, 0.25) is 0 Å². The molecular formula is C17H20Cl2F3N3OS. The number of hydrogen-bond acceptors (Lipinski definition) is 4. The molecule has 1 saturated heterocycles. The van der Waals surface area contributed by atoms with Crippen LogP contribution < -0.4 is 5.32 Å². The van der Waals surface area contributed by atoms with Gasteiger partial charge in [-0.15, -0.1) is 36.2 Å². The highest BCUT2D eigenvalue weighted by molar-refractivity contribution is 7.13. The van der Waals surface area contributed by atoms with E-state index in [0.717, 1.165) is 25.0 Å². The molecule has 0 bridgehead atoms. The van der Waals surface area contributed by atoms with Crippen molar-refractivity contribution in [3.05, 3.63) is 40.9 Å². The van der Waals surface area contributed by atoms with Gasteiger partial charge in [0.25, 0.3) is 5.91 Å². The Morgan fingerprint density at radius 3 is 2.52 bits per heavy atom. The van der Waals surface area contributed by atoms with Crippen molar-refractivity contribution in [2.24, 2.45) is 0 Å². The zero-order valence-electron chi connectivity index (χ0n) is 14.5. The van der Waals surface area contributed by atoms with Crippen LogP contribution in [0.5, 0.6) is 0 Å². The molecule has 0 saturated carbocycles. The minimum absolute atomic E-state index is 0. The number of halogens is 5. The summed E-state index contributed by atoms with van der Waals surface area (Å²) in [5.41, 5.74) is -0.0599. The minimum Gasteiger partial charge on any atom is -0.337 e. The number of amides is 1. The van der Waals surface area contributed by atoms with E-state index in [0.29, 0.717) is 35.4 Å². The molecule has 1 aromatic carbocycles. The Morgan fingerprint density at radius 2 is 1.93 bits per heavy atom. The summed E-state index contributed by atoms with van der Waals surface area (Å²) in [6, 6.07) is 5.42. The van der Waals surface area contributed by atoms with E-state index >= 15 is 0 Å². The Hall–Kier alpha value is -1.35. The van der Waals surface area contributed by atoms with Gasteiger partial charge in [0.1, 0.15) is 10.7 Å². The predicted octanol–water partition coefficient (Wildman–Crippen LogP) is 4.50. The Balaban J connectivity index is 0.00000182. The van der Waals surface area contributed by atoms with Crippen LogP contribution in [-0.4, -0.2) is 42.0 Å². The van der Waals surface area contributed by atoms with Crippen LogP contribution in [0.3, 0.4) is 0 Å². The van der Waals surface area contributed by atoms with E-state index in [1.807, 2.05) is 7.05 Å². The lowest BCUT2D eigenvalue weighted by atomic mass is 10.1. The molecule has 3 rings (SSSR count). The van der Waals surface area contributed by atoms with E-state index in [9.17, 15) is 18.0 Å². The molecule has 2 aromatic rings. The number of piperidine rings is 1. The summed E-state index contributed by atoms with van der Waals surface area (Å²) in [6.45, 7) is 1.31. The number of carbonyl (C=O) groups is 1. The molecule has 1 aromatic heterocycles. The minimum atomic E-state index is -4.40. The maximum Gasteiger partial charge on any atom is 0.416 e. The van der Waals surface area contributed by atoms with Crippen LogP contribution in [-0.2, 0) is 6.18 Å². The Bertz CT molecular complexity index is 762. The van der Waals surface area contributed by atoms with Crippen molar-refractivity contribution in [2.75, 3.05) is 20.1 Å². The lowest BCUT2D eigenvalue weighted by Crippen LogP contribution is -2.44. The molecule has 0 aliphatic carbocycles. The second kappa shape index (κ2) is 9.73. The molecule has 10 heteroatoms. The fourth-order valence-electron chi connectivity index (χ4n) is 2.87. The first-order valence-electron chi connectivity index (χ1n) is 7.98. The third kappa shape index (κ3) is 5.57. The predicted molar refractivity (Wildman–Crippen MR) is 105 cm³/mol. The second-order valence-corrected chi connectivity index (χ2v) is 6.83. The number of thiazole rings is 1. The van der Waals surface area contributed by atoms with Crippen LogP contribution in [0.4, 0.5) is 13.2 Å². The summed E-state index contributed by atoms with van der Waals surface area (Å²) in [5, 5.41) is 5.23. The molecule has 1 aliphatic rings. The van der Waals surface area contributed by atoms with Crippen molar-refractivity contribution in [3.63, 3.8) is 0 Å². The molecule has 27 heavy (non-hydrogen) atoms. The summed E-state index contributed by atoms with van der Waals surface area (Å²) in [4.78, 5) is 18.5. The van der Waals surface area contributed by atoms with E-state index in [1.54, 1.807) is 16.3 Å². The average molecular weight is 442 g/mol. The fourth-order valence-corrected chi connectivity index (χ4v) is 3.66. The molecular weight excluding hydrogens is 422 g/mol. The Morgan fingerprint density at radius 1 is 1.26 bits per heavy atom. The van der Waals surface area contributed by atoms with Gasteiger partial charge in [0.2, 0.25) is 0 Å². The summed E-state index contributed by atoms with van der Waals surface area (Å²) in [5.74, 6) is -0.163. The fraction of sp³-hybridized carbons (Fsp3) is 0.412. The molecule has 1 N–H and O–H groups in total. The largest absolute Gasteiger partial charge is 0.416 e. The number of alkyl halides is 3. The third-order valence-electron chi connectivity index (χ3n) is 4.35. The summed E-state index contributed by atoms with van der Waals surface area (Å²) in [6.07, 6.45) is -2.64. The zero-order chi connectivity index (χ0) is 18.0. The standard InChI is InChI=1S/C17H18F3N3OS.2ClH/c1-21-13-5-7-23(8-6-13)16(24)14-10-25-15(22-14)11-3-2-4-12(9-11)17(18,19)20;;/h2-4,9-10,13,21H,5-8H2,1H3;2*1H. The lowest BCUT2D eigenvalue weighted by molar-refractivity contribution is -0.137. The molecule has 2 heterocycles. The number of likely N-dealkylation sites (tertiary alicyclic amines) is 1. The molecule has 0 unspecified atom stereocenters. The van der Waals surface area contributed by atoms with Gasteiger partial charge in [-0.05, 0) is 32.0 Å². The number of nitrogens with zero attached hydrogens (tertiary/aromatic N) is 2. The molecule has 0 radical (unpaired) electrons. The monoisotopic (exact) mass is 441 g/mol. The maximum atomic E-state index is 12.8. The van der Waals surface area contributed by atoms with Crippen LogP contribution in [0.15, 0.2) is 29.6 Å². The molecule has 4 nitrogen and oxygen atoms in total. The van der Waals surface area contributed by atoms with E-state index in [-0.39, 0.29) is 30.7 Å². The van der Waals surface area contributed by atoms with Crippen molar-refractivity contribution in [1.82, 2.24) is 15.2 Å². The third-order valence-corrected chi connectivity index (χ3v) is 5.24. The van der Waals surface area contributed by atoms with Gasteiger partial charge in [0.15, 0.2) is 0 Å². The number of aromatic nitrogens is 1. The van der Waals surface area contributed by atoms with Crippen LogP contribution >= 0.6 is 36.2 Å². The van der Waals surface area contributed by atoms with Gasteiger partial charge in [-0.1, -0.05) is 12.1 Å². The topological polar surface area (TPSA) is 45.2 Å². The van der Waals surface area contributed by atoms with Crippen molar-refractivity contribution in [1.29, 1.82) is 0 Å². The van der Waals surface area contributed by atoms with Crippen LogP contribution in [0.25, 0.3) is 10.6 Å². The van der Waals surface area contributed by atoms with Gasteiger partial charge in [-0.2, -0.15) is 13.2 Å². The maximum absolute atomic E-state index is 12.8. The highest BCUT2D eigenvalue weighted by Gasteiger charge is 2.31. The summed E-state index contributed by atoms with van der Waals surface area (Å²) >= 11 is 1.18. The molecule has 150 valence electrons. The van der Waals surface area contributed by atoms with Crippen LogP contribution in [0, 0.1) is 0 Å². The van der Waals surface area contributed by atoms with E-state index < -0.39 is 11.7 Å². The first kappa shape index (κ1) is 23.7. The molecule has 1 fully saturated rings. The Kier molecular flexibility index (Phi) is 8.53. The van der Waals surface area contributed by atoms with Gasteiger partial charge >= 0.3 is 6.18 Å². The smallest absolute Gasteiger partial charge is 0.337 e. The van der Waals surface area contributed by atoms with Gasteiger partial charge in [-0.25, -0.2) is 4.98 Å². The first-order chi connectivity index (χ1) is 11.9. The SMILES string of the molecule is CNC1CCN(C(=O)c2csc(-c3cccc(C(F)(F)F)c3)n2)CC1.Cl.Cl. The average Bonchev–Trinajstić information content (AvgIpc) is 3.11.